The van der Waals surface area contributed by atoms with Gasteiger partial charge in [-0.05, 0) is 6.07 Å². The number of hydrogen-bond acceptors (Lipinski definition) is 4. The van der Waals surface area contributed by atoms with Crippen LogP contribution in [0.25, 0.3) is 10.9 Å². The summed E-state index contributed by atoms with van der Waals surface area (Å²) in [6.45, 7) is 0.706. The Morgan fingerprint density at radius 2 is 2.26 bits per heavy atom. The first-order valence-corrected chi connectivity index (χ1v) is 6.09. The van der Waals surface area contributed by atoms with E-state index in [1.165, 1.54) is 0 Å². The predicted molar refractivity (Wildman–Crippen MR) is 72.9 cm³/mol. The van der Waals surface area contributed by atoms with E-state index in [0.717, 1.165) is 10.9 Å². The van der Waals surface area contributed by atoms with E-state index in [4.69, 9.17) is 10.5 Å². The van der Waals surface area contributed by atoms with Crippen LogP contribution in [0, 0.1) is 0 Å². The Morgan fingerprint density at radius 1 is 1.53 bits per heavy atom. The van der Waals surface area contributed by atoms with Gasteiger partial charge in [0.1, 0.15) is 0 Å². The van der Waals surface area contributed by atoms with Crippen LogP contribution in [-0.4, -0.2) is 42.0 Å². The molecule has 2 rings (SSSR count). The largest absolute Gasteiger partial charge is 0.383 e. The molecule has 1 atom stereocenters. The van der Waals surface area contributed by atoms with Crippen LogP contribution in [0.2, 0.25) is 0 Å². The fourth-order valence-corrected chi connectivity index (χ4v) is 2.01. The van der Waals surface area contributed by atoms with E-state index >= 15 is 0 Å². The lowest BCUT2D eigenvalue weighted by Crippen LogP contribution is -2.43. The molecule has 1 amide bonds. The molecule has 0 saturated carbocycles. The third kappa shape index (κ3) is 2.74. The minimum absolute atomic E-state index is 0.210. The first kappa shape index (κ1) is 13.5. The van der Waals surface area contributed by atoms with Crippen molar-refractivity contribution in [3.05, 3.63) is 30.0 Å². The van der Waals surface area contributed by atoms with Gasteiger partial charge in [-0.25, -0.2) is 0 Å². The van der Waals surface area contributed by atoms with Gasteiger partial charge >= 0.3 is 0 Å². The summed E-state index contributed by atoms with van der Waals surface area (Å²) in [5, 5.41) is 7.91. The number of ether oxygens (including phenoxy) is 1. The molecule has 1 heterocycles. The van der Waals surface area contributed by atoms with Gasteiger partial charge < -0.3 is 15.8 Å². The van der Waals surface area contributed by atoms with Gasteiger partial charge in [0, 0.05) is 26.1 Å². The zero-order chi connectivity index (χ0) is 13.8. The number of aromatic nitrogens is 2. The van der Waals surface area contributed by atoms with Crippen molar-refractivity contribution in [1.29, 1.82) is 0 Å². The number of fused-ring (bicyclic) bond motifs is 1. The Kier molecular flexibility index (Phi) is 4.13. The highest BCUT2D eigenvalue weighted by Crippen LogP contribution is 2.17. The Morgan fingerprint density at radius 3 is 2.95 bits per heavy atom. The number of methoxy groups -OCH3 is 1. The summed E-state index contributed by atoms with van der Waals surface area (Å²) >= 11 is 0. The summed E-state index contributed by atoms with van der Waals surface area (Å²) < 4.78 is 6.70. The second-order valence-corrected chi connectivity index (χ2v) is 4.35. The number of benzene rings is 1. The van der Waals surface area contributed by atoms with E-state index in [1.54, 1.807) is 11.8 Å². The van der Waals surface area contributed by atoms with Crippen molar-refractivity contribution in [2.75, 3.05) is 20.3 Å². The van der Waals surface area contributed by atoms with Gasteiger partial charge in [-0.3, -0.25) is 9.48 Å². The fourth-order valence-electron chi connectivity index (χ4n) is 2.01. The highest BCUT2D eigenvalue weighted by Gasteiger charge is 2.18. The molecule has 19 heavy (non-hydrogen) atoms. The summed E-state index contributed by atoms with van der Waals surface area (Å²) in [5.41, 5.74) is 6.91. The molecule has 6 heteroatoms. The Hall–Kier alpha value is -1.92. The minimum Gasteiger partial charge on any atom is -0.383 e. The van der Waals surface area contributed by atoms with Crippen LogP contribution in [0.15, 0.2) is 24.3 Å². The molecule has 0 bridgehead atoms. The third-order valence-electron chi connectivity index (χ3n) is 2.96. The Labute approximate surface area is 111 Å². The van der Waals surface area contributed by atoms with Crippen LogP contribution in [0.3, 0.4) is 0 Å². The topological polar surface area (TPSA) is 82.2 Å². The van der Waals surface area contributed by atoms with E-state index in [-0.39, 0.29) is 11.9 Å². The third-order valence-corrected chi connectivity index (χ3v) is 2.96. The predicted octanol–water partition coefficient (Wildman–Crippen LogP) is 0.277. The molecule has 1 aromatic carbocycles. The van der Waals surface area contributed by atoms with E-state index in [9.17, 15) is 4.79 Å². The van der Waals surface area contributed by atoms with Crippen LogP contribution in [0.5, 0.6) is 0 Å². The van der Waals surface area contributed by atoms with Crippen LogP contribution >= 0.6 is 0 Å². The second-order valence-electron chi connectivity index (χ2n) is 4.35. The summed E-state index contributed by atoms with van der Waals surface area (Å²) in [4.78, 5) is 12.2. The number of carbonyl (C=O) groups excluding carboxylic acids is 1. The summed E-state index contributed by atoms with van der Waals surface area (Å²) in [6, 6.07) is 7.40. The average Bonchev–Trinajstić information content (AvgIpc) is 2.76. The molecule has 102 valence electrons. The lowest BCUT2D eigenvalue weighted by molar-refractivity contribution is 0.0896. The highest BCUT2D eigenvalue weighted by molar-refractivity contribution is 6.04. The van der Waals surface area contributed by atoms with E-state index in [2.05, 4.69) is 10.4 Å². The first-order chi connectivity index (χ1) is 9.17. The molecule has 2 aromatic rings. The summed E-state index contributed by atoms with van der Waals surface area (Å²) in [7, 11) is 3.39. The van der Waals surface area contributed by atoms with Crippen LogP contribution in [0.1, 0.15) is 10.5 Å². The number of carbonyl (C=O) groups is 1. The van der Waals surface area contributed by atoms with Gasteiger partial charge in [0.25, 0.3) is 5.91 Å². The standard InChI is InChI=1S/C13H18N4O2/c1-17-11-6-4-3-5-10(11)12(16-17)13(18)15-9(7-14)8-19-2/h3-6,9H,7-8,14H2,1-2H3,(H,15,18). The van der Waals surface area contributed by atoms with Gasteiger partial charge in [-0.1, -0.05) is 18.2 Å². The molecule has 3 N–H and O–H groups in total. The molecular formula is C13H18N4O2. The molecule has 0 fully saturated rings. The molecular weight excluding hydrogens is 244 g/mol. The fraction of sp³-hybridized carbons (Fsp3) is 0.385. The molecule has 0 saturated heterocycles. The number of para-hydroxylation sites is 1. The number of hydrogen-bond donors (Lipinski definition) is 2. The molecule has 1 aromatic heterocycles. The zero-order valence-electron chi connectivity index (χ0n) is 11.1. The van der Waals surface area contributed by atoms with Gasteiger partial charge in [-0.2, -0.15) is 5.10 Å². The van der Waals surface area contributed by atoms with Crippen molar-refractivity contribution in [1.82, 2.24) is 15.1 Å². The highest BCUT2D eigenvalue weighted by atomic mass is 16.5. The van der Waals surface area contributed by atoms with Crippen molar-refractivity contribution >= 4 is 16.8 Å². The van der Waals surface area contributed by atoms with Crippen molar-refractivity contribution in [2.45, 2.75) is 6.04 Å². The van der Waals surface area contributed by atoms with Gasteiger partial charge in [0.15, 0.2) is 5.69 Å². The quantitative estimate of drug-likeness (QED) is 0.810. The average molecular weight is 262 g/mol. The molecule has 0 spiro atoms. The number of nitrogens with one attached hydrogen (secondary N) is 1. The molecule has 1 unspecified atom stereocenters. The monoisotopic (exact) mass is 262 g/mol. The Bertz CT molecular complexity index is 579. The lowest BCUT2D eigenvalue weighted by Gasteiger charge is -2.14. The zero-order valence-corrected chi connectivity index (χ0v) is 11.1. The number of aryl methyl sites for hydroxylation is 1. The minimum atomic E-state index is -0.232. The maximum absolute atomic E-state index is 12.2. The molecule has 0 aliphatic carbocycles. The number of rotatable bonds is 5. The van der Waals surface area contributed by atoms with Crippen molar-refractivity contribution < 1.29 is 9.53 Å². The lowest BCUT2D eigenvalue weighted by atomic mass is 10.2. The van der Waals surface area contributed by atoms with Crippen molar-refractivity contribution in [2.24, 2.45) is 12.8 Å². The van der Waals surface area contributed by atoms with Crippen LogP contribution < -0.4 is 11.1 Å². The smallest absolute Gasteiger partial charge is 0.272 e. The molecule has 0 aliphatic heterocycles. The van der Waals surface area contributed by atoms with Crippen LogP contribution in [0.4, 0.5) is 0 Å². The first-order valence-electron chi connectivity index (χ1n) is 6.09. The molecule has 0 radical (unpaired) electrons. The number of nitrogens with zero attached hydrogens (tertiary/aromatic N) is 2. The maximum atomic E-state index is 12.2. The van der Waals surface area contributed by atoms with E-state index in [1.807, 2.05) is 31.3 Å². The molecule has 6 nitrogen and oxygen atoms in total. The van der Waals surface area contributed by atoms with Crippen molar-refractivity contribution in [3.63, 3.8) is 0 Å². The summed E-state index contributed by atoms with van der Waals surface area (Å²) in [5.74, 6) is -0.232. The molecule has 0 aliphatic rings. The SMILES string of the molecule is COCC(CN)NC(=O)c1nn(C)c2ccccc12. The van der Waals surface area contributed by atoms with Gasteiger partial charge in [0.05, 0.1) is 18.2 Å². The maximum Gasteiger partial charge on any atom is 0.272 e. The Balaban J connectivity index is 2.26. The van der Waals surface area contributed by atoms with E-state index in [0.29, 0.717) is 18.8 Å². The van der Waals surface area contributed by atoms with Crippen LogP contribution in [-0.2, 0) is 11.8 Å². The van der Waals surface area contributed by atoms with E-state index < -0.39 is 0 Å². The summed E-state index contributed by atoms with van der Waals surface area (Å²) in [6.07, 6.45) is 0. The van der Waals surface area contributed by atoms with Gasteiger partial charge in [-0.15, -0.1) is 0 Å². The van der Waals surface area contributed by atoms with Gasteiger partial charge in [0.2, 0.25) is 0 Å². The second kappa shape index (κ2) is 5.81. The normalized spacial score (nSPS) is 12.6. The number of nitrogens with two attached hydrogens (primary N) is 1. The number of amides is 1. The van der Waals surface area contributed by atoms with Crippen molar-refractivity contribution in [3.8, 4) is 0 Å².